The van der Waals surface area contributed by atoms with Crippen molar-refractivity contribution in [2.45, 2.75) is 13.8 Å². The smallest absolute Gasteiger partial charge is 0.193 e. The van der Waals surface area contributed by atoms with Gasteiger partial charge in [-0.1, -0.05) is 59.7 Å². The molecule has 0 unspecified atom stereocenters. The van der Waals surface area contributed by atoms with Gasteiger partial charge in [0.1, 0.15) is 0 Å². The van der Waals surface area contributed by atoms with Crippen LogP contribution in [0.2, 0.25) is 0 Å². The number of carbonyl (C=O) groups is 1. The molecule has 6 heteroatoms. The molecule has 6 rings (SSSR count). The van der Waals surface area contributed by atoms with Crippen LogP contribution >= 0.6 is 12.2 Å². The van der Waals surface area contributed by atoms with Gasteiger partial charge in [0.05, 0.1) is 16.7 Å². The number of hydrogen-bond acceptors (Lipinski definition) is 4. The molecule has 0 bridgehead atoms. The fourth-order valence-corrected chi connectivity index (χ4v) is 5.03. The number of thiocarbonyl (C=S) groups is 1. The number of aryl methyl sites for hydroxylation is 2. The van der Waals surface area contributed by atoms with E-state index in [-0.39, 0.29) is 5.78 Å². The SMILES string of the molecule is Cc1ccc(C(=O)c2ccc(NC(=S)Nc3ccc(Nc4c5ccccc5nc5ccc(C)cc45)cc3)cc2)cc1. The van der Waals surface area contributed by atoms with Gasteiger partial charge < -0.3 is 16.0 Å². The first kappa shape index (κ1) is 26.2. The Morgan fingerprint density at radius 1 is 0.610 bits per heavy atom. The first-order chi connectivity index (χ1) is 19.9. The molecule has 0 aliphatic rings. The molecular formula is C35H28N4OS. The van der Waals surface area contributed by atoms with Crippen molar-refractivity contribution in [1.82, 2.24) is 4.98 Å². The summed E-state index contributed by atoms with van der Waals surface area (Å²) in [6.45, 7) is 4.10. The van der Waals surface area contributed by atoms with E-state index in [0.29, 0.717) is 16.2 Å². The number of nitrogens with one attached hydrogen (secondary N) is 3. The molecule has 41 heavy (non-hydrogen) atoms. The van der Waals surface area contributed by atoms with Crippen LogP contribution in [0, 0.1) is 13.8 Å². The monoisotopic (exact) mass is 552 g/mol. The van der Waals surface area contributed by atoms with Crippen LogP contribution < -0.4 is 16.0 Å². The largest absolute Gasteiger partial charge is 0.354 e. The highest BCUT2D eigenvalue weighted by atomic mass is 32.1. The molecule has 1 aromatic heterocycles. The lowest BCUT2D eigenvalue weighted by Crippen LogP contribution is -2.19. The van der Waals surface area contributed by atoms with E-state index in [2.05, 4.69) is 47.1 Å². The molecule has 0 aliphatic heterocycles. The highest BCUT2D eigenvalue weighted by Gasteiger charge is 2.11. The van der Waals surface area contributed by atoms with E-state index in [9.17, 15) is 4.79 Å². The second-order valence-corrected chi connectivity index (χ2v) is 10.5. The maximum atomic E-state index is 12.8. The normalized spacial score (nSPS) is 10.9. The van der Waals surface area contributed by atoms with Crippen molar-refractivity contribution >= 4 is 67.7 Å². The van der Waals surface area contributed by atoms with Gasteiger partial charge in [-0.05, 0) is 92.8 Å². The van der Waals surface area contributed by atoms with Gasteiger partial charge in [-0.3, -0.25) is 4.79 Å². The third-order valence-electron chi connectivity index (χ3n) is 6.97. The van der Waals surface area contributed by atoms with Crippen LogP contribution in [0.1, 0.15) is 27.0 Å². The minimum Gasteiger partial charge on any atom is -0.354 e. The first-order valence-electron chi connectivity index (χ1n) is 13.4. The van der Waals surface area contributed by atoms with Crippen molar-refractivity contribution in [3.63, 3.8) is 0 Å². The van der Waals surface area contributed by atoms with Crippen molar-refractivity contribution in [2.75, 3.05) is 16.0 Å². The van der Waals surface area contributed by atoms with Crippen molar-refractivity contribution in [1.29, 1.82) is 0 Å². The molecule has 0 spiro atoms. The number of hydrogen-bond donors (Lipinski definition) is 3. The van der Waals surface area contributed by atoms with E-state index in [4.69, 9.17) is 17.2 Å². The molecule has 0 amide bonds. The average molecular weight is 553 g/mol. The summed E-state index contributed by atoms with van der Waals surface area (Å²) in [4.78, 5) is 17.6. The Labute approximate surface area is 244 Å². The number of anilines is 4. The highest BCUT2D eigenvalue weighted by Crippen LogP contribution is 2.34. The summed E-state index contributed by atoms with van der Waals surface area (Å²) in [5.41, 5.74) is 9.18. The van der Waals surface area contributed by atoms with Crippen molar-refractivity contribution in [2.24, 2.45) is 0 Å². The molecule has 200 valence electrons. The van der Waals surface area contributed by atoms with Gasteiger partial charge >= 0.3 is 0 Å². The fraction of sp³-hybridized carbons (Fsp3) is 0.0571. The Balaban J connectivity index is 1.13. The Kier molecular flexibility index (Phi) is 7.15. The lowest BCUT2D eigenvalue weighted by Gasteiger charge is -2.15. The molecule has 0 radical (unpaired) electrons. The molecule has 5 nitrogen and oxygen atoms in total. The van der Waals surface area contributed by atoms with Gasteiger partial charge in [-0.25, -0.2) is 4.98 Å². The summed E-state index contributed by atoms with van der Waals surface area (Å²) < 4.78 is 0. The van der Waals surface area contributed by atoms with E-state index >= 15 is 0 Å². The van der Waals surface area contributed by atoms with Gasteiger partial charge in [0.2, 0.25) is 0 Å². The predicted molar refractivity (Wildman–Crippen MR) is 175 cm³/mol. The summed E-state index contributed by atoms with van der Waals surface area (Å²) in [6, 6.07) is 37.4. The Hall–Kier alpha value is -5.07. The van der Waals surface area contributed by atoms with Crippen LogP contribution in [0.25, 0.3) is 21.8 Å². The van der Waals surface area contributed by atoms with Crippen LogP contribution in [0.15, 0.2) is 115 Å². The number of nitrogens with zero attached hydrogens (tertiary/aromatic N) is 1. The van der Waals surface area contributed by atoms with Gasteiger partial charge in [-0.15, -0.1) is 0 Å². The third kappa shape index (κ3) is 5.78. The van der Waals surface area contributed by atoms with Crippen LogP contribution in [0.3, 0.4) is 0 Å². The lowest BCUT2D eigenvalue weighted by atomic mass is 10.0. The van der Waals surface area contributed by atoms with E-state index in [1.807, 2.05) is 97.9 Å². The Morgan fingerprint density at radius 2 is 1.15 bits per heavy atom. The molecule has 5 aromatic carbocycles. The topological polar surface area (TPSA) is 66.1 Å². The zero-order valence-electron chi connectivity index (χ0n) is 22.7. The summed E-state index contributed by atoms with van der Waals surface area (Å²) in [5.74, 6) is -0.00570. The summed E-state index contributed by atoms with van der Waals surface area (Å²) >= 11 is 5.54. The number of pyridine rings is 1. The van der Waals surface area contributed by atoms with Gasteiger partial charge in [0.15, 0.2) is 10.9 Å². The van der Waals surface area contributed by atoms with E-state index in [1.165, 1.54) is 5.56 Å². The summed E-state index contributed by atoms with van der Waals surface area (Å²) in [7, 11) is 0. The van der Waals surface area contributed by atoms with Crippen LogP contribution in [0.5, 0.6) is 0 Å². The quantitative estimate of drug-likeness (QED) is 0.109. The van der Waals surface area contributed by atoms with Crippen molar-refractivity contribution < 1.29 is 4.79 Å². The minimum atomic E-state index is -0.00570. The standard InChI is InChI=1S/C35H28N4OS/c1-22-7-10-24(11-8-22)34(40)25-12-14-27(15-13-25)37-35(41)38-28-18-16-26(17-19-28)36-33-29-5-3-4-6-31(29)39-32-20-9-23(2)21-30(32)33/h3-21H,1-2H3,(H,36,39)(H2,37,38,41). The van der Waals surface area contributed by atoms with Crippen LogP contribution in [0.4, 0.5) is 22.7 Å². The maximum Gasteiger partial charge on any atom is 0.193 e. The van der Waals surface area contributed by atoms with E-state index in [1.54, 1.807) is 0 Å². The maximum absolute atomic E-state index is 12.8. The highest BCUT2D eigenvalue weighted by molar-refractivity contribution is 7.80. The molecule has 1 heterocycles. The number of rotatable bonds is 6. The van der Waals surface area contributed by atoms with Gasteiger partial charge in [-0.2, -0.15) is 0 Å². The molecule has 6 aromatic rings. The number of para-hydroxylation sites is 1. The van der Waals surface area contributed by atoms with Gasteiger partial charge in [0.25, 0.3) is 0 Å². The van der Waals surface area contributed by atoms with Crippen LogP contribution in [-0.2, 0) is 0 Å². The summed E-state index contributed by atoms with van der Waals surface area (Å²) in [6.07, 6.45) is 0. The average Bonchev–Trinajstić information content (AvgIpc) is 2.98. The molecule has 0 saturated carbocycles. The second-order valence-electron chi connectivity index (χ2n) is 10.1. The Morgan fingerprint density at radius 3 is 1.83 bits per heavy atom. The Bertz CT molecular complexity index is 1900. The zero-order valence-corrected chi connectivity index (χ0v) is 23.5. The number of aromatic nitrogens is 1. The van der Waals surface area contributed by atoms with E-state index in [0.717, 1.165) is 50.1 Å². The van der Waals surface area contributed by atoms with Crippen molar-refractivity contribution in [3.8, 4) is 0 Å². The molecule has 0 saturated heterocycles. The lowest BCUT2D eigenvalue weighted by molar-refractivity contribution is 0.103. The zero-order chi connectivity index (χ0) is 28.3. The minimum absolute atomic E-state index is 0.00570. The number of carbonyl (C=O) groups excluding carboxylic acids is 1. The third-order valence-corrected chi connectivity index (χ3v) is 7.17. The number of benzene rings is 5. The molecule has 0 aliphatic carbocycles. The molecule has 0 atom stereocenters. The number of ketones is 1. The predicted octanol–water partition coefficient (Wildman–Crippen LogP) is 8.79. The first-order valence-corrected chi connectivity index (χ1v) is 13.8. The fourth-order valence-electron chi connectivity index (χ4n) is 4.79. The molecule has 3 N–H and O–H groups in total. The van der Waals surface area contributed by atoms with Crippen LogP contribution in [-0.4, -0.2) is 15.9 Å². The second kappa shape index (κ2) is 11.2. The van der Waals surface area contributed by atoms with Gasteiger partial charge in [0, 0.05) is 39.0 Å². The molecular weight excluding hydrogens is 524 g/mol. The van der Waals surface area contributed by atoms with E-state index < -0.39 is 0 Å². The summed E-state index contributed by atoms with van der Waals surface area (Å²) in [5, 5.41) is 12.7. The number of fused-ring (bicyclic) bond motifs is 2. The molecule has 0 fully saturated rings. The van der Waals surface area contributed by atoms with Crippen molar-refractivity contribution in [3.05, 3.63) is 138 Å².